The Morgan fingerprint density at radius 2 is 1.58 bits per heavy atom. The predicted octanol–water partition coefficient (Wildman–Crippen LogP) is 3.14. The molecular formula is C9H7F3. The smallest absolute Gasteiger partial charge is 0.161 e. The summed E-state index contributed by atoms with van der Waals surface area (Å²) in [5, 5.41) is 0. The molecule has 0 aliphatic heterocycles. The zero-order valence-corrected chi connectivity index (χ0v) is 6.44. The van der Waals surface area contributed by atoms with E-state index in [-0.39, 0.29) is 5.56 Å². The standard InChI is InChI=1S/C9H7F3/c1-2-3-6-4-8(11)9(12)5-7(6)10/h2-5H,1H3/b3-2+. The first-order chi connectivity index (χ1) is 5.65. The van der Waals surface area contributed by atoms with Crippen molar-refractivity contribution in [1.82, 2.24) is 0 Å². The topological polar surface area (TPSA) is 0 Å². The minimum Gasteiger partial charge on any atom is -0.206 e. The van der Waals surface area contributed by atoms with Crippen LogP contribution in [0.15, 0.2) is 18.2 Å². The quantitative estimate of drug-likeness (QED) is 0.571. The number of benzene rings is 1. The Morgan fingerprint density at radius 1 is 1.00 bits per heavy atom. The molecule has 0 radical (unpaired) electrons. The highest BCUT2D eigenvalue weighted by atomic mass is 19.2. The number of rotatable bonds is 1. The Bertz CT molecular complexity index is 316. The Kier molecular flexibility index (Phi) is 2.53. The van der Waals surface area contributed by atoms with Gasteiger partial charge in [0.2, 0.25) is 0 Å². The van der Waals surface area contributed by atoms with Crippen LogP contribution in [-0.2, 0) is 0 Å². The van der Waals surface area contributed by atoms with E-state index in [1.165, 1.54) is 6.08 Å². The van der Waals surface area contributed by atoms with Gasteiger partial charge in [-0.15, -0.1) is 0 Å². The first kappa shape index (κ1) is 8.84. The number of halogens is 3. The van der Waals surface area contributed by atoms with Crippen LogP contribution >= 0.6 is 0 Å². The van der Waals surface area contributed by atoms with Crippen molar-refractivity contribution in [2.45, 2.75) is 6.92 Å². The molecule has 0 saturated carbocycles. The van der Waals surface area contributed by atoms with Crippen molar-refractivity contribution in [2.24, 2.45) is 0 Å². The van der Waals surface area contributed by atoms with Gasteiger partial charge in [0.05, 0.1) is 0 Å². The third kappa shape index (κ3) is 1.67. The molecule has 0 N–H and O–H groups in total. The first-order valence-corrected chi connectivity index (χ1v) is 3.42. The average molecular weight is 172 g/mol. The fourth-order valence-electron chi connectivity index (χ4n) is 0.845. The number of hydrogen-bond donors (Lipinski definition) is 0. The Labute approximate surface area is 68.3 Å². The maximum atomic E-state index is 12.8. The second kappa shape index (κ2) is 3.43. The lowest BCUT2D eigenvalue weighted by Crippen LogP contribution is -1.89. The molecule has 1 aromatic rings. The lowest BCUT2D eigenvalue weighted by atomic mass is 10.2. The van der Waals surface area contributed by atoms with Crippen molar-refractivity contribution >= 4 is 6.08 Å². The molecule has 12 heavy (non-hydrogen) atoms. The van der Waals surface area contributed by atoms with Gasteiger partial charge in [0, 0.05) is 11.6 Å². The SMILES string of the molecule is C/C=C/c1cc(F)c(F)cc1F. The molecule has 1 rings (SSSR count). The lowest BCUT2D eigenvalue weighted by Gasteiger charge is -1.97. The maximum absolute atomic E-state index is 12.8. The summed E-state index contributed by atoms with van der Waals surface area (Å²) < 4.78 is 37.6. The molecule has 3 heteroatoms. The van der Waals surface area contributed by atoms with E-state index >= 15 is 0 Å². The highest BCUT2D eigenvalue weighted by Gasteiger charge is 2.06. The van der Waals surface area contributed by atoms with Gasteiger partial charge < -0.3 is 0 Å². The number of allylic oxidation sites excluding steroid dienone is 1. The van der Waals surface area contributed by atoms with Crippen LogP contribution in [0.2, 0.25) is 0 Å². The molecular weight excluding hydrogens is 165 g/mol. The molecule has 0 bridgehead atoms. The third-order valence-electron chi connectivity index (χ3n) is 1.39. The van der Waals surface area contributed by atoms with Crippen LogP contribution in [0, 0.1) is 17.5 Å². The number of hydrogen-bond acceptors (Lipinski definition) is 0. The summed E-state index contributed by atoms with van der Waals surface area (Å²) in [5.74, 6) is -2.96. The van der Waals surface area contributed by atoms with E-state index in [4.69, 9.17) is 0 Å². The summed E-state index contributed by atoms with van der Waals surface area (Å²) in [5.41, 5.74) is 0.0522. The summed E-state index contributed by atoms with van der Waals surface area (Å²) >= 11 is 0. The minimum absolute atomic E-state index is 0.0522. The highest BCUT2D eigenvalue weighted by molar-refractivity contribution is 5.49. The molecule has 0 fully saturated rings. The summed E-state index contributed by atoms with van der Waals surface area (Å²) in [6, 6.07) is 1.36. The fourth-order valence-corrected chi connectivity index (χ4v) is 0.845. The Morgan fingerprint density at radius 3 is 2.17 bits per heavy atom. The molecule has 1 aromatic carbocycles. The highest BCUT2D eigenvalue weighted by Crippen LogP contribution is 2.14. The second-order valence-corrected chi connectivity index (χ2v) is 2.29. The van der Waals surface area contributed by atoms with E-state index in [1.54, 1.807) is 13.0 Å². The second-order valence-electron chi connectivity index (χ2n) is 2.29. The van der Waals surface area contributed by atoms with E-state index in [2.05, 4.69) is 0 Å². The van der Waals surface area contributed by atoms with Crippen LogP contribution in [0.4, 0.5) is 13.2 Å². The Balaban J connectivity index is 3.23. The van der Waals surface area contributed by atoms with Crippen molar-refractivity contribution in [3.8, 4) is 0 Å². The molecule has 0 spiro atoms. The van der Waals surface area contributed by atoms with Crippen molar-refractivity contribution in [3.63, 3.8) is 0 Å². The van der Waals surface area contributed by atoms with Gasteiger partial charge in [-0.3, -0.25) is 0 Å². The minimum atomic E-state index is -1.17. The molecule has 64 valence electrons. The normalized spacial score (nSPS) is 11.0. The molecule has 0 aliphatic rings. The van der Waals surface area contributed by atoms with Crippen LogP contribution in [0.3, 0.4) is 0 Å². The zero-order chi connectivity index (χ0) is 9.14. The van der Waals surface area contributed by atoms with E-state index in [9.17, 15) is 13.2 Å². The molecule has 0 aromatic heterocycles. The van der Waals surface area contributed by atoms with Crippen LogP contribution in [-0.4, -0.2) is 0 Å². The monoisotopic (exact) mass is 172 g/mol. The van der Waals surface area contributed by atoms with Crippen molar-refractivity contribution in [2.75, 3.05) is 0 Å². The maximum Gasteiger partial charge on any atom is 0.161 e. The van der Waals surface area contributed by atoms with Gasteiger partial charge in [-0.2, -0.15) is 0 Å². The van der Waals surface area contributed by atoms with Crippen molar-refractivity contribution in [3.05, 3.63) is 41.2 Å². The molecule has 0 aliphatic carbocycles. The van der Waals surface area contributed by atoms with Gasteiger partial charge in [0.25, 0.3) is 0 Å². The molecule has 0 nitrogen and oxygen atoms in total. The van der Waals surface area contributed by atoms with Gasteiger partial charge >= 0.3 is 0 Å². The van der Waals surface area contributed by atoms with Crippen molar-refractivity contribution < 1.29 is 13.2 Å². The van der Waals surface area contributed by atoms with Gasteiger partial charge in [0.15, 0.2) is 11.6 Å². The van der Waals surface area contributed by atoms with E-state index in [0.29, 0.717) is 6.07 Å². The largest absolute Gasteiger partial charge is 0.206 e. The zero-order valence-electron chi connectivity index (χ0n) is 6.44. The van der Waals surface area contributed by atoms with Crippen LogP contribution in [0.1, 0.15) is 12.5 Å². The van der Waals surface area contributed by atoms with E-state index in [0.717, 1.165) is 6.07 Å². The Hall–Kier alpha value is -1.25. The van der Waals surface area contributed by atoms with E-state index < -0.39 is 17.5 Å². The van der Waals surface area contributed by atoms with Gasteiger partial charge in [-0.05, 0) is 13.0 Å². The van der Waals surface area contributed by atoms with E-state index in [1.807, 2.05) is 0 Å². The first-order valence-electron chi connectivity index (χ1n) is 3.42. The predicted molar refractivity (Wildman–Crippen MR) is 41.0 cm³/mol. The summed E-state index contributed by atoms with van der Waals surface area (Å²) in [6.07, 6.45) is 2.92. The average Bonchev–Trinajstić information content (AvgIpc) is 2.01. The third-order valence-corrected chi connectivity index (χ3v) is 1.39. The fraction of sp³-hybridized carbons (Fsp3) is 0.111. The van der Waals surface area contributed by atoms with Gasteiger partial charge in [0.1, 0.15) is 5.82 Å². The summed E-state index contributed by atoms with van der Waals surface area (Å²) in [4.78, 5) is 0. The molecule has 0 atom stereocenters. The molecule has 0 saturated heterocycles. The van der Waals surface area contributed by atoms with Crippen LogP contribution < -0.4 is 0 Å². The molecule has 0 heterocycles. The van der Waals surface area contributed by atoms with Crippen molar-refractivity contribution in [1.29, 1.82) is 0 Å². The molecule has 0 amide bonds. The van der Waals surface area contributed by atoms with Gasteiger partial charge in [-0.25, -0.2) is 13.2 Å². The molecule has 0 unspecified atom stereocenters. The van der Waals surface area contributed by atoms with Crippen LogP contribution in [0.25, 0.3) is 6.08 Å². The van der Waals surface area contributed by atoms with Crippen LogP contribution in [0.5, 0.6) is 0 Å². The summed E-state index contributed by atoms with van der Waals surface area (Å²) in [7, 11) is 0. The van der Waals surface area contributed by atoms with Gasteiger partial charge in [-0.1, -0.05) is 12.2 Å². The summed E-state index contributed by atoms with van der Waals surface area (Å²) in [6.45, 7) is 1.67. The lowest BCUT2D eigenvalue weighted by molar-refractivity contribution is 0.494.